The monoisotopic (exact) mass is 380 g/mol. The Hall–Kier alpha value is -3.55. The van der Waals surface area contributed by atoms with Crippen LogP contribution in [-0.4, -0.2) is 35.9 Å². The quantitative estimate of drug-likeness (QED) is 0.537. The van der Waals surface area contributed by atoms with E-state index in [-0.39, 0.29) is 10.6 Å². The van der Waals surface area contributed by atoms with Crippen LogP contribution in [0.15, 0.2) is 42.5 Å². The van der Waals surface area contributed by atoms with Crippen molar-refractivity contribution in [2.75, 3.05) is 25.7 Å². The summed E-state index contributed by atoms with van der Waals surface area (Å²) < 4.78 is 10.7. The van der Waals surface area contributed by atoms with Gasteiger partial charge in [-0.1, -0.05) is 12.1 Å². The number of hydrogen-bond donors (Lipinski definition) is 1. The molecule has 144 valence electrons. The molecule has 2 heterocycles. The Balaban J connectivity index is 1.67. The first-order valence-corrected chi connectivity index (χ1v) is 8.88. The van der Waals surface area contributed by atoms with E-state index in [4.69, 9.17) is 9.47 Å². The number of para-hydroxylation sites is 1. The number of anilines is 1. The van der Waals surface area contributed by atoms with E-state index < -0.39 is 0 Å². The third-order valence-corrected chi connectivity index (χ3v) is 4.99. The van der Waals surface area contributed by atoms with Crippen molar-refractivity contribution in [1.29, 1.82) is 0 Å². The summed E-state index contributed by atoms with van der Waals surface area (Å²) in [5.74, 6) is 1.45. The highest BCUT2D eigenvalue weighted by atomic mass is 16.6. The molecule has 4 rings (SSSR count). The molecule has 1 N–H and O–H groups in total. The number of methoxy groups -OCH3 is 2. The van der Waals surface area contributed by atoms with E-state index in [1.807, 2.05) is 18.2 Å². The molecule has 3 aromatic rings. The lowest BCUT2D eigenvalue weighted by Gasteiger charge is -2.29. The number of nitro groups is 1. The predicted molar refractivity (Wildman–Crippen MR) is 105 cm³/mol. The van der Waals surface area contributed by atoms with E-state index in [1.165, 1.54) is 6.07 Å². The summed E-state index contributed by atoms with van der Waals surface area (Å²) in [6.45, 7) is 1.38. The van der Waals surface area contributed by atoms with Gasteiger partial charge < -0.3 is 14.4 Å². The lowest BCUT2D eigenvalue weighted by molar-refractivity contribution is -0.384. The molecule has 8 heteroatoms. The Bertz CT molecular complexity index is 1010. The summed E-state index contributed by atoms with van der Waals surface area (Å²) >= 11 is 0. The van der Waals surface area contributed by atoms with E-state index in [2.05, 4.69) is 15.1 Å². The van der Waals surface area contributed by atoms with Crippen molar-refractivity contribution in [1.82, 2.24) is 10.2 Å². The van der Waals surface area contributed by atoms with Crippen molar-refractivity contribution in [2.45, 2.75) is 13.0 Å². The molecule has 28 heavy (non-hydrogen) atoms. The van der Waals surface area contributed by atoms with E-state index in [0.717, 1.165) is 41.4 Å². The second kappa shape index (κ2) is 7.22. The SMILES string of the molecule is COc1cc(OC)cc(N2CCc3c(-c4ccccc4[N+](=O)[O-])n[nH]c3C2)c1. The van der Waals surface area contributed by atoms with Crippen LogP contribution in [0.4, 0.5) is 11.4 Å². The van der Waals surface area contributed by atoms with Gasteiger partial charge in [-0.05, 0) is 12.5 Å². The third-order valence-electron chi connectivity index (χ3n) is 4.99. The van der Waals surface area contributed by atoms with Crippen LogP contribution in [0.3, 0.4) is 0 Å². The molecule has 2 aromatic carbocycles. The maximum Gasteiger partial charge on any atom is 0.278 e. The Kier molecular flexibility index (Phi) is 4.60. The topological polar surface area (TPSA) is 93.5 Å². The van der Waals surface area contributed by atoms with Gasteiger partial charge in [0.1, 0.15) is 17.2 Å². The fraction of sp³-hybridized carbons (Fsp3) is 0.250. The van der Waals surface area contributed by atoms with Crippen molar-refractivity contribution < 1.29 is 14.4 Å². The minimum atomic E-state index is -0.367. The Morgan fingerprint density at radius 2 is 1.86 bits per heavy atom. The molecule has 0 bridgehead atoms. The first-order valence-electron chi connectivity index (χ1n) is 8.88. The van der Waals surface area contributed by atoms with Gasteiger partial charge in [0.25, 0.3) is 5.69 Å². The Morgan fingerprint density at radius 3 is 2.54 bits per heavy atom. The van der Waals surface area contributed by atoms with Gasteiger partial charge in [-0.25, -0.2) is 0 Å². The van der Waals surface area contributed by atoms with Crippen molar-refractivity contribution in [3.05, 3.63) is 63.8 Å². The fourth-order valence-electron chi connectivity index (χ4n) is 3.57. The summed E-state index contributed by atoms with van der Waals surface area (Å²) in [5, 5.41) is 18.9. The summed E-state index contributed by atoms with van der Waals surface area (Å²) in [6, 6.07) is 12.5. The van der Waals surface area contributed by atoms with Crippen LogP contribution in [0.5, 0.6) is 11.5 Å². The Morgan fingerprint density at radius 1 is 1.14 bits per heavy atom. The van der Waals surface area contributed by atoms with Crippen molar-refractivity contribution in [3.63, 3.8) is 0 Å². The number of aromatic nitrogens is 2. The lowest BCUT2D eigenvalue weighted by Crippen LogP contribution is -2.30. The molecule has 8 nitrogen and oxygen atoms in total. The number of nitro benzene ring substituents is 1. The van der Waals surface area contributed by atoms with Crippen LogP contribution >= 0.6 is 0 Å². The summed E-state index contributed by atoms with van der Waals surface area (Å²) in [4.78, 5) is 13.2. The molecule has 1 aliphatic rings. The van der Waals surface area contributed by atoms with Crippen LogP contribution in [0.2, 0.25) is 0 Å². The number of benzene rings is 2. The Labute approximate surface area is 161 Å². The zero-order valence-electron chi connectivity index (χ0n) is 15.6. The van der Waals surface area contributed by atoms with Crippen molar-refractivity contribution in [3.8, 4) is 22.8 Å². The summed E-state index contributed by atoms with van der Waals surface area (Å²) in [6.07, 6.45) is 0.729. The zero-order valence-corrected chi connectivity index (χ0v) is 15.6. The van der Waals surface area contributed by atoms with Crippen LogP contribution in [0.1, 0.15) is 11.3 Å². The highest BCUT2D eigenvalue weighted by Gasteiger charge is 2.26. The molecule has 0 unspecified atom stereocenters. The van der Waals surface area contributed by atoms with Gasteiger partial charge in [-0.2, -0.15) is 5.10 Å². The predicted octanol–water partition coefficient (Wildman–Crippen LogP) is 3.56. The molecule has 0 radical (unpaired) electrons. The molecule has 0 saturated carbocycles. The van der Waals surface area contributed by atoms with Gasteiger partial charge in [-0.15, -0.1) is 0 Å². The minimum absolute atomic E-state index is 0.0664. The average molecular weight is 380 g/mol. The van der Waals surface area contributed by atoms with Gasteiger partial charge in [-0.3, -0.25) is 15.2 Å². The smallest absolute Gasteiger partial charge is 0.278 e. The second-order valence-electron chi connectivity index (χ2n) is 6.55. The molecule has 0 saturated heterocycles. The van der Waals surface area contributed by atoms with Gasteiger partial charge in [0.15, 0.2) is 0 Å². The number of nitrogens with one attached hydrogen (secondary N) is 1. The molecule has 1 aromatic heterocycles. The van der Waals surface area contributed by atoms with Crippen LogP contribution in [0, 0.1) is 10.1 Å². The molecular weight excluding hydrogens is 360 g/mol. The maximum absolute atomic E-state index is 11.4. The second-order valence-corrected chi connectivity index (χ2v) is 6.55. The van der Waals surface area contributed by atoms with E-state index >= 15 is 0 Å². The molecule has 0 amide bonds. The van der Waals surface area contributed by atoms with Crippen LogP contribution in [0.25, 0.3) is 11.3 Å². The lowest BCUT2D eigenvalue weighted by atomic mass is 9.98. The molecule has 0 spiro atoms. The number of H-pyrrole nitrogens is 1. The number of ether oxygens (including phenoxy) is 2. The maximum atomic E-state index is 11.4. The van der Waals surface area contributed by atoms with Crippen LogP contribution in [-0.2, 0) is 13.0 Å². The number of fused-ring (bicyclic) bond motifs is 1. The first kappa shape index (κ1) is 17.8. The van der Waals surface area contributed by atoms with Gasteiger partial charge in [0.2, 0.25) is 0 Å². The number of aromatic amines is 1. The number of nitrogens with zero attached hydrogens (tertiary/aromatic N) is 3. The molecule has 0 aliphatic carbocycles. The normalized spacial score (nSPS) is 13.1. The highest BCUT2D eigenvalue weighted by molar-refractivity contribution is 5.74. The largest absolute Gasteiger partial charge is 0.497 e. The standard InChI is InChI=1S/C20H20N4O4/c1-27-14-9-13(10-15(11-14)28-2)23-8-7-16-18(12-23)21-22-20(16)17-5-3-4-6-19(17)24(25)26/h3-6,9-11H,7-8,12H2,1-2H3,(H,21,22). The first-order chi connectivity index (χ1) is 13.6. The van der Waals surface area contributed by atoms with E-state index in [9.17, 15) is 10.1 Å². The van der Waals surface area contributed by atoms with Gasteiger partial charge >= 0.3 is 0 Å². The van der Waals surface area contributed by atoms with Crippen molar-refractivity contribution >= 4 is 11.4 Å². The summed E-state index contributed by atoms with van der Waals surface area (Å²) in [5.41, 5.74) is 4.24. The van der Waals surface area contributed by atoms with Gasteiger partial charge in [0.05, 0.1) is 36.9 Å². The van der Waals surface area contributed by atoms with Gasteiger partial charge in [0, 0.05) is 42.1 Å². The van der Waals surface area contributed by atoms with E-state index in [1.54, 1.807) is 32.4 Å². The number of rotatable bonds is 5. The van der Waals surface area contributed by atoms with E-state index in [0.29, 0.717) is 17.8 Å². The fourth-order valence-corrected chi connectivity index (χ4v) is 3.57. The summed E-state index contributed by atoms with van der Waals surface area (Å²) in [7, 11) is 3.25. The average Bonchev–Trinajstić information content (AvgIpc) is 3.16. The van der Waals surface area contributed by atoms with Crippen molar-refractivity contribution in [2.24, 2.45) is 0 Å². The minimum Gasteiger partial charge on any atom is -0.497 e. The molecule has 0 fully saturated rings. The molecule has 1 aliphatic heterocycles. The highest BCUT2D eigenvalue weighted by Crippen LogP contribution is 2.36. The third kappa shape index (κ3) is 3.13. The number of hydrogen-bond acceptors (Lipinski definition) is 6. The van der Waals surface area contributed by atoms with Crippen LogP contribution < -0.4 is 14.4 Å². The molecule has 0 atom stereocenters. The zero-order chi connectivity index (χ0) is 19.7. The molecular formula is C20H20N4O4.